The number of amides is 2. The number of rotatable bonds is 9. The summed E-state index contributed by atoms with van der Waals surface area (Å²) in [5.74, 6) is 0.141. The molecule has 2 aliphatic heterocycles. The van der Waals surface area contributed by atoms with Gasteiger partial charge in [0, 0.05) is 60.3 Å². The molecule has 1 unspecified atom stereocenters. The third kappa shape index (κ3) is 6.23. The Hall–Kier alpha value is -5.09. The third-order valence-electron chi connectivity index (χ3n) is 10.3. The number of aliphatic hydroxyl groups is 1. The number of carbonyl (C=O) groups excluding carboxylic acids is 2. The monoisotopic (exact) mass is 811 g/mol. The first-order valence-electron chi connectivity index (χ1n) is 17.4. The van der Waals surface area contributed by atoms with Gasteiger partial charge in [0.1, 0.15) is 11.0 Å². The van der Waals surface area contributed by atoms with Crippen LogP contribution in [0.4, 0.5) is 23.0 Å². The van der Waals surface area contributed by atoms with Gasteiger partial charge in [0.15, 0.2) is 11.5 Å². The van der Waals surface area contributed by atoms with E-state index in [0.29, 0.717) is 52.2 Å². The van der Waals surface area contributed by atoms with Crippen LogP contribution in [0.25, 0.3) is 16.9 Å². The summed E-state index contributed by atoms with van der Waals surface area (Å²) in [7, 11) is 0. The zero-order valence-corrected chi connectivity index (χ0v) is 30.6. The number of nitrogens with one attached hydrogen (secondary N) is 2. The fraction of sp³-hybridized carbons (Fsp3) is 0.316. The molecule has 8 rings (SSSR count). The van der Waals surface area contributed by atoms with Gasteiger partial charge in [-0.15, -0.1) is 6.58 Å². The Morgan fingerprint density at radius 1 is 0.942 bits per heavy atom. The lowest BCUT2D eigenvalue weighted by Crippen LogP contribution is -2.46. The molecule has 1 aliphatic carbocycles. The average Bonchev–Trinajstić information content (AvgIpc) is 3.64. The molecule has 3 aliphatic rings. The number of allylic oxidation sites excluding steroid dienone is 1. The minimum atomic E-state index is -1.01. The molecule has 2 saturated heterocycles. The summed E-state index contributed by atoms with van der Waals surface area (Å²) in [6, 6.07) is 20.1. The molecule has 3 N–H and O–H groups in total. The lowest BCUT2D eigenvalue weighted by atomic mass is 9.90. The van der Waals surface area contributed by atoms with Gasteiger partial charge in [-0.2, -0.15) is 4.98 Å². The van der Waals surface area contributed by atoms with Crippen LogP contribution in [0.1, 0.15) is 42.0 Å². The number of aromatic nitrogens is 5. The van der Waals surface area contributed by atoms with E-state index in [4.69, 9.17) is 9.97 Å². The molecule has 52 heavy (non-hydrogen) atoms. The maximum Gasteiger partial charge on any atom is 0.278 e. The van der Waals surface area contributed by atoms with Crippen LogP contribution in [0.2, 0.25) is 0 Å². The van der Waals surface area contributed by atoms with Crippen molar-refractivity contribution in [2.75, 3.05) is 45.7 Å². The number of anilines is 4. The SMILES string of the molecule is C=CCn1c(=O)c2cnc(Nc3ccc(N4CCN(c5ccc(C6CCC(=O)NC6=O)cc5)CC4)cc3)nc2n1-c1ccc2c(n1)[C@@](O)(CI)CC2. The topological polar surface area (TPSA) is 151 Å². The van der Waals surface area contributed by atoms with E-state index in [1.807, 2.05) is 36.4 Å². The number of piperazine rings is 1. The quantitative estimate of drug-likeness (QED) is 0.0851. The van der Waals surface area contributed by atoms with E-state index in [2.05, 4.69) is 78.9 Å². The molecule has 2 amide bonds. The molecular weight excluding hydrogens is 773 g/mol. The van der Waals surface area contributed by atoms with E-state index < -0.39 is 5.60 Å². The number of alkyl halides is 1. The number of piperidine rings is 1. The second kappa shape index (κ2) is 13.8. The van der Waals surface area contributed by atoms with Crippen LogP contribution in [0.15, 0.2) is 84.3 Å². The molecule has 0 radical (unpaired) electrons. The highest BCUT2D eigenvalue weighted by Crippen LogP contribution is 2.38. The smallest absolute Gasteiger partial charge is 0.278 e. The van der Waals surface area contributed by atoms with Crippen molar-refractivity contribution in [3.05, 3.63) is 107 Å². The number of aryl methyl sites for hydroxylation is 1. The van der Waals surface area contributed by atoms with Crippen LogP contribution in [-0.4, -0.2) is 71.8 Å². The molecule has 14 heteroatoms. The van der Waals surface area contributed by atoms with Gasteiger partial charge in [-0.1, -0.05) is 46.9 Å². The first-order chi connectivity index (χ1) is 25.2. The maximum absolute atomic E-state index is 13.5. The minimum Gasteiger partial charge on any atom is -0.383 e. The van der Waals surface area contributed by atoms with Crippen molar-refractivity contribution < 1.29 is 14.7 Å². The number of benzene rings is 2. The van der Waals surface area contributed by atoms with Crippen molar-refractivity contribution in [1.29, 1.82) is 0 Å². The minimum absolute atomic E-state index is 0.201. The average molecular weight is 812 g/mol. The van der Waals surface area contributed by atoms with Gasteiger partial charge in [0.25, 0.3) is 5.56 Å². The number of nitrogens with zero attached hydrogens (tertiary/aromatic N) is 7. The van der Waals surface area contributed by atoms with Crippen LogP contribution >= 0.6 is 22.6 Å². The first kappa shape index (κ1) is 34.0. The Kier molecular flexibility index (Phi) is 9.03. The molecule has 5 heterocycles. The van der Waals surface area contributed by atoms with Gasteiger partial charge < -0.3 is 20.2 Å². The second-order valence-corrected chi connectivity index (χ2v) is 14.3. The number of pyridine rings is 1. The summed E-state index contributed by atoms with van der Waals surface area (Å²) >= 11 is 2.19. The van der Waals surface area contributed by atoms with Gasteiger partial charge in [0.2, 0.25) is 17.8 Å². The number of carbonyl (C=O) groups is 2. The van der Waals surface area contributed by atoms with Gasteiger partial charge in [0.05, 0.1) is 18.2 Å². The van der Waals surface area contributed by atoms with Crippen LogP contribution in [-0.2, 0) is 28.2 Å². The van der Waals surface area contributed by atoms with Crippen LogP contribution in [0.5, 0.6) is 0 Å². The van der Waals surface area contributed by atoms with Crippen LogP contribution in [0, 0.1) is 0 Å². The van der Waals surface area contributed by atoms with E-state index in [1.165, 1.54) is 10.9 Å². The molecule has 2 fully saturated rings. The number of hydrogen-bond donors (Lipinski definition) is 3. The van der Waals surface area contributed by atoms with Gasteiger partial charge in [-0.3, -0.25) is 19.7 Å². The standard InChI is InChI=1S/C38H38IN9O4/c1-2-17-47-36(51)30-22-40-37(44-34(30)48(47)31-13-5-25-15-16-38(52,23-39)33(25)42-31)41-26-6-10-28(11-7-26)46-20-18-45(19-21-46)27-8-3-24(4-9-27)29-12-14-32(49)43-35(29)50/h2-11,13,22,29,52H,1,12,14-21,23H2,(H,40,41,44)(H,43,49,50)/t29?,38-/m0/s1. The first-order valence-corrected chi connectivity index (χ1v) is 19.0. The Bertz CT molecular complexity index is 2240. The highest BCUT2D eigenvalue weighted by molar-refractivity contribution is 14.1. The van der Waals surface area contributed by atoms with E-state index in [1.54, 1.807) is 10.8 Å². The van der Waals surface area contributed by atoms with Crippen molar-refractivity contribution in [3.63, 3.8) is 0 Å². The Morgan fingerprint density at radius 2 is 1.63 bits per heavy atom. The maximum atomic E-state index is 13.5. The zero-order chi connectivity index (χ0) is 36.0. The van der Waals surface area contributed by atoms with Gasteiger partial charge >= 0.3 is 0 Å². The van der Waals surface area contributed by atoms with E-state index >= 15 is 0 Å². The highest BCUT2D eigenvalue weighted by atomic mass is 127. The highest BCUT2D eigenvalue weighted by Gasteiger charge is 2.38. The predicted octanol–water partition coefficient (Wildman–Crippen LogP) is 4.32. The van der Waals surface area contributed by atoms with Crippen molar-refractivity contribution in [2.45, 2.75) is 43.7 Å². The molecule has 0 saturated carbocycles. The molecule has 266 valence electrons. The van der Waals surface area contributed by atoms with E-state index in [9.17, 15) is 19.5 Å². The van der Waals surface area contributed by atoms with E-state index in [0.717, 1.165) is 60.8 Å². The molecular formula is C38H38IN9O4. The molecule has 13 nitrogen and oxygen atoms in total. The Balaban J connectivity index is 0.960. The summed E-state index contributed by atoms with van der Waals surface area (Å²) in [5.41, 5.74) is 4.78. The molecule has 2 aromatic carbocycles. The van der Waals surface area contributed by atoms with Crippen molar-refractivity contribution in [2.24, 2.45) is 0 Å². The molecule has 5 aromatic rings. The van der Waals surface area contributed by atoms with Crippen LogP contribution < -0.4 is 26.0 Å². The molecule has 2 atom stereocenters. The molecule has 3 aromatic heterocycles. The molecule has 0 spiro atoms. The lowest BCUT2D eigenvalue weighted by Gasteiger charge is -2.37. The van der Waals surface area contributed by atoms with Gasteiger partial charge in [-0.25, -0.2) is 19.3 Å². The number of hydrogen-bond acceptors (Lipinski definition) is 10. The Morgan fingerprint density at radius 3 is 2.29 bits per heavy atom. The zero-order valence-electron chi connectivity index (χ0n) is 28.5. The fourth-order valence-corrected chi connectivity index (χ4v) is 8.18. The number of imide groups is 1. The lowest BCUT2D eigenvalue weighted by molar-refractivity contribution is -0.134. The summed E-state index contributed by atoms with van der Waals surface area (Å²) in [5, 5.41) is 17.3. The van der Waals surface area contributed by atoms with Gasteiger partial charge in [-0.05, 0) is 72.9 Å². The summed E-state index contributed by atoms with van der Waals surface area (Å²) in [6.45, 7) is 7.51. The third-order valence-corrected chi connectivity index (χ3v) is 11.6. The summed E-state index contributed by atoms with van der Waals surface area (Å²) < 4.78 is 3.75. The largest absolute Gasteiger partial charge is 0.383 e. The predicted molar refractivity (Wildman–Crippen MR) is 208 cm³/mol. The number of halogens is 1. The van der Waals surface area contributed by atoms with Crippen molar-refractivity contribution in [1.82, 2.24) is 29.6 Å². The normalized spacial score (nSPS) is 20.2. The Labute approximate surface area is 313 Å². The summed E-state index contributed by atoms with van der Waals surface area (Å²) in [6.07, 6.45) is 5.47. The van der Waals surface area contributed by atoms with E-state index in [-0.39, 0.29) is 29.8 Å². The van der Waals surface area contributed by atoms with Crippen molar-refractivity contribution >= 4 is 68.4 Å². The fourth-order valence-electron chi connectivity index (χ4n) is 7.44. The molecule has 0 bridgehead atoms. The second-order valence-electron chi connectivity index (χ2n) is 13.5. The van der Waals surface area contributed by atoms with Crippen LogP contribution in [0.3, 0.4) is 0 Å². The van der Waals surface area contributed by atoms with Crippen molar-refractivity contribution in [3.8, 4) is 5.82 Å². The number of fused-ring (bicyclic) bond motifs is 2. The summed E-state index contributed by atoms with van der Waals surface area (Å²) in [4.78, 5) is 56.1.